The van der Waals surface area contributed by atoms with Gasteiger partial charge in [0.05, 0.1) is 25.4 Å². The zero-order valence-corrected chi connectivity index (χ0v) is 11.9. The van der Waals surface area contributed by atoms with Crippen molar-refractivity contribution in [1.82, 2.24) is 4.90 Å². The van der Waals surface area contributed by atoms with Crippen LogP contribution in [0, 0.1) is 6.92 Å². The molecule has 2 rings (SSSR count). The summed E-state index contributed by atoms with van der Waals surface area (Å²) in [5.74, 6) is 1.78. The van der Waals surface area contributed by atoms with Crippen LogP contribution >= 0.6 is 0 Å². The van der Waals surface area contributed by atoms with Crippen molar-refractivity contribution < 1.29 is 14.3 Å². The van der Waals surface area contributed by atoms with Gasteiger partial charge in [-0.25, -0.2) is 0 Å². The minimum absolute atomic E-state index is 0.0154. The van der Waals surface area contributed by atoms with Gasteiger partial charge in [-0.3, -0.25) is 4.90 Å². The van der Waals surface area contributed by atoms with Crippen LogP contribution in [-0.2, 0) is 4.74 Å². The molecule has 108 valence electrons. The van der Waals surface area contributed by atoms with Gasteiger partial charge in [0.1, 0.15) is 11.5 Å². The highest BCUT2D eigenvalue weighted by molar-refractivity contribution is 5.12. The van der Waals surface area contributed by atoms with Gasteiger partial charge in [-0.05, 0) is 32.9 Å². The van der Waals surface area contributed by atoms with E-state index in [1.54, 1.807) is 0 Å². The minimum atomic E-state index is -0.145. The minimum Gasteiger partial charge on any atom is -0.465 e. The Bertz CT molecular complexity index is 405. The number of rotatable bonds is 4. The Balaban J connectivity index is 2.22. The summed E-state index contributed by atoms with van der Waals surface area (Å²) in [6.07, 6.45) is -0.145. The number of nitrogens with zero attached hydrogens (tertiary/aromatic N) is 1. The number of ether oxygens (including phenoxy) is 1. The number of aliphatic hydroxyl groups excluding tert-OH is 1. The van der Waals surface area contributed by atoms with Gasteiger partial charge in [0.25, 0.3) is 0 Å². The lowest BCUT2D eigenvalue weighted by atomic mass is 10.0. The molecule has 1 fully saturated rings. The largest absolute Gasteiger partial charge is 0.465 e. The smallest absolute Gasteiger partial charge is 0.122 e. The van der Waals surface area contributed by atoms with E-state index in [1.807, 2.05) is 26.0 Å². The predicted molar refractivity (Wildman–Crippen MR) is 72.8 cm³/mol. The zero-order chi connectivity index (χ0) is 14.0. The van der Waals surface area contributed by atoms with Gasteiger partial charge in [-0.2, -0.15) is 0 Å². The molecule has 0 bridgehead atoms. The molecule has 0 saturated carbocycles. The van der Waals surface area contributed by atoms with E-state index >= 15 is 0 Å². The number of furan rings is 1. The maximum Gasteiger partial charge on any atom is 0.122 e. The molecule has 4 unspecified atom stereocenters. The summed E-state index contributed by atoms with van der Waals surface area (Å²) >= 11 is 0. The zero-order valence-electron chi connectivity index (χ0n) is 11.9. The molecule has 0 aromatic carbocycles. The van der Waals surface area contributed by atoms with Crippen molar-refractivity contribution in [2.45, 2.75) is 45.0 Å². The van der Waals surface area contributed by atoms with Crippen molar-refractivity contribution >= 4 is 0 Å². The summed E-state index contributed by atoms with van der Waals surface area (Å²) in [5.41, 5.74) is 6.15. The third-order valence-corrected chi connectivity index (χ3v) is 3.67. The second-order valence-corrected chi connectivity index (χ2v) is 5.44. The van der Waals surface area contributed by atoms with Crippen LogP contribution in [0.4, 0.5) is 0 Å². The first kappa shape index (κ1) is 14.5. The summed E-state index contributed by atoms with van der Waals surface area (Å²) in [5, 5.41) is 9.28. The van der Waals surface area contributed by atoms with E-state index < -0.39 is 0 Å². The van der Waals surface area contributed by atoms with Gasteiger partial charge in [0.15, 0.2) is 0 Å². The highest BCUT2D eigenvalue weighted by Crippen LogP contribution is 2.29. The monoisotopic (exact) mass is 268 g/mol. The van der Waals surface area contributed by atoms with Crippen molar-refractivity contribution in [3.63, 3.8) is 0 Å². The summed E-state index contributed by atoms with van der Waals surface area (Å²) < 4.78 is 11.3. The summed E-state index contributed by atoms with van der Waals surface area (Å²) in [7, 11) is 0. The first-order valence-corrected chi connectivity index (χ1v) is 6.83. The molecule has 1 aromatic rings. The van der Waals surface area contributed by atoms with E-state index in [0.29, 0.717) is 13.2 Å². The molecule has 5 heteroatoms. The van der Waals surface area contributed by atoms with Crippen LogP contribution in [0.1, 0.15) is 31.4 Å². The molecule has 1 saturated heterocycles. The van der Waals surface area contributed by atoms with Gasteiger partial charge in [0.2, 0.25) is 0 Å². The van der Waals surface area contributed by atoms with E-state index in [9.17, 15) is 5.11 Å². The first-order valence-electron chi connectivity index (χ1n) is 6.83. The van der Waals surface area contributed by atoms with E-state index in [-0.39, 0.29) is 30.8 Å². The molecule has 1 aromatic heterocycles. The second kappa shape index (κ2) is 6.05. The molecule has 0 aliphatic carbocycles. The lowest BCUT2D eigenvalue weighted by molar-refractivity contribution is -0.0965. The van der Waals surface area contributed by atoms with Crippen molar-refractivity contribution in [3.8, 4) is 0 Å². The predicted octanol–water partition coefficient (Wildman–Crippen LogP) is 1.06. The van der Waals surface area contributed by atoms with Crippen molar-refractivity contribution in [3.05, 3.63) is 23.7 Å². The molecular weight excluding hydrogens is 244 g/mol. The number of nitrogens with two attached hydrogens (primary N) is 1. The summed E-state index contributed by atoms with van der Waals surface area (Å²) in [6.45, 7) is 7.34. The fourth-order valence-electron chi connectivity index (χ4n) is 2.67. The van der Waals surface area contributed by atoms with Crippen LogP contribution in [0.2, 0.25) is 0 Å². The van der Waals surface area contributed by atoms with E-state index in [4.69, 9.17) is 14.9 Å². The van der Waals surface area contributed by atoms with Gasteiger partial charge >= 0.3 is 0 Å². The lowest BCUT2D eigenvalue weighted by Crippen LogP contribution is -2.53. The number of morpholine rings is 1. The number of aryl methyl sites for hydroxylation is 1. The Morgan fingerprint density at radius 1 is 1.53 bits per heavy atom. The molecule has 3 N–H and O–H groups in total. The molecule has 2 heterocycles. The van der Waals surface area contributed by atoms with Crippen molar-refractivity contribution in [1.29, 1.82) is 0 Å². The molecule has 1 aliphatic rings. The maximum absolute atomic E-state index is 9.28. The maximum atomic E-state index is 9.28. The van der Waals surface area contributed by atoms with E-state index in [0.717, 1.165) is 11.5 Å². The Hall–Kier alpha value is -0.880. The Kier molecular flexibility index (Phi) is 4.62. The number of aliphatic hydroxyl groups is 1. The topological polar surface area (TPSA) is 71.9 Å². The average molecular weight is 268 g/mol. The molecule has 0 radical (unpaired) electrons. The summed E-state index contributed by atoms with van der Waals surface area (Å²) in [6, 6.07) is 4.16. The molecule has 0 amide bonds. The van der Waals surface area contributed by atoms with Crippen molar-refractivity contribution in [2.24, 2.45) is 5.73 Å². The standard InChI is InChI=1S/C14H24N2O3/c1-9-8-18-12(7-17)6-16(9)14(11(3)15)13-5-4-10(2)19-13/h4-5,9,11-12,14,17H,6-8,15H2,1-3H3. The van der Waals surface area contributed by atoms with E-state index in [2.05, 4.69) is 11.8 Å². The van der Waals surface area contributed by atoms with Gasteiger partial charge in [-0.1, -0.05) is 0 Å². The fraction of sp³-hybridized carbons (Fsp3) is 0.714. The highest BCUT2D eigenvalue weighted by Gasteiger charge is 2.35. The molecule has 5 nitrogen and oxygen atoms in total. The summed E-state index contributed by atoms with van der Waals surface area (Å²) in [4.78, 5) is 2.27. The van der Waals surface area contributed by atoms with Gasteiger partial charge in [-0.15, -0.1) is 0 Å². The quantitative estimate of drug-likeness (QED) is 0.854. The van der Waals surface area contributed by atoms with Gasteiger partial charge in [0, 0.05) is 18.6 Å². The fourth-order valence-corrected chi connectivity index (χ4v) is 2.67. The Morgan fingerprint density at radius 3 is 2.79 bits per heavy atom. The Labute approximate surface area is 114 Å². The number of hydrogen-bond donors (Lipinski definition) is 2. The van der Waals surface area contributed by atoms with E-state index in [1.165, 1.54) is 0 Å². The normalized spacial score (nSPS) is 28.3. The van der Waals surface area contributed by atoms with Crippen LogP contribution in [0.3, 0.4) is 0 Å². The average Bonchev–Trinajstić information content (AvgIpc) is 2.78. The third-order valence-electron chi connectivity index (χ3n) is 3.67. The third kappa shape index (κ3) is 3.17. The number of hydrogen-bond acceptors (Lipinski definition) is 5. The van der Waals surface area contributed by atoms with Crippen LogP contribution in [0.25, 0.3) is 0 Å². The van der Waals surface area contributed by atoms with Crippen molar-refractivity contribution in [2.75, 3.05) is 19.8 Å². The van der Waals surface area contributed by atoms with Crippen LogP contribution in [0.5, 0.6) is 0 Å². The highest BCUT2D eigenvalue weighted by atomic mass is 16.5. The van der Waals surface area contributed by atoms with Gasteiger partial charge < -0.3 is 20.0 Å². The Morgan fingerprint density at radius 2 is 2.26 bits per heavy atom. The first-order chi connectivity index (χ1) is 9.02. The molecule has 4 atom stereocenters. The van der Waals surface area contributed by atoms with Crippen LogP contribution in [-0.4, -0.2) is 48.0 Å². The van der Waals surface area contributed by atoms with Crippen LogP contribution in [0.15, 0.2) is 16.5 Å². The molecule has 0 spiro atoms. The molecule has 19 heavy (non-hydrogen) atoms. The lowest BCUT2D eigenvalue weighted by Gasteiger charge is -2.42. The molecule has 1 aliphatic heterocycles. The molecular formula is C14H24N2O3. The second-order valence-electron chi connectivity index (χ2n) is 5.44. The SMILES string of the molecule is Cc1ccc(C(C(C)N)N2CC(CO)OCC2C)o1. The van der Waals surface area contributed by atoms with Crippen LogP contribution < -0.4 is 5.73 Å².